The molecule has 0 fully saturated rings. The van der Waals surface area contributed by atoms with Crippen molar-refractivity contribution in [3.8, 4) is 0 Å². The first kappa shape index (κ1) is 5.92. The molecule has 1 radical (unpaired) electrons. The summed E-state index contributed by atoms with van der Waals surface area (Å²) in [5.74, 6) is 0. The summed E-state index contributed by atoms with van der Waals surface area (Å²) in [6, 6.07) is 0.231. The van der Waals surface area contributed by atoms with E-state index in [1.165, 1.54) is 0 Å². The second-order valence-corrected chi connectivity index (χ2v) is 1.48. The van der Waals surface area contributed by atoms with E-state index < -0.39 is 0 Å². The quantitative estimate of drug-likeness (QED) is 0.487. The Hall–Kier alpha value is -0.0800. The van der Waals surface area contributed by atoms with E-state index in [0.29, 0.717) is 0 Å². The average Bonchev–Trinajstić information content (AvgIpc) is 1.35. The number of nitrogens with zero attached hydrogens (tertiary/aromatic N) is 1. The zero-order chi connectivity index (χ0) is 4.99. The topological polar surface area (TPSA) is 40.1 Å². The third-order valence-corrected chi connectivity index (χ3v) is 0.471. The first-order valence-corrected chi connectivity index (χ1v) is 2.08. The Balaban J connectivity index is 2.63. The van der Waals surface area contributed by atoms with E-state index in [4.69, 9.17) is 5.73 Å². The maximum absolute atomic E-state index is 5.31. The molecule has 6 heavy (non-hydrogen) atoms. The van der Waals surface area contributed by atoms with Crippen LogP contribution in [0.15, 0.2) is 0 Å². The van der Waals surface area contributed by atoms with E-state index in [1.807, 2.05) is 6.92 Å². The van der Waals surface area contributed by atoms with Gasteiger partial charge in [0.05, 0.1) is 0 Å². The maximum Gasteiger partial charge on any atom is 0.0279 e. The first-order chi connectivity index (χ1) is 2.77. The van der Waals surface area contributed by atoms with E-state index in [-0.39, 0.29) is 6.04 Å². The van der Waals surface area contributed by atoms with E-state index in [9.17, 15) is 0 Å². The van der Waals surface area contributed by atoms with E-state index in [1.54, 1.807) is 7.05 Å². The molecule has 0 aromatic heterocycles. The van der Waals surface area contributed by atoms with Crippen LogP contribution in [-0.4, -0.2) is 19.6 Å². The molecule has 37 valence electrons. The molecule has 0 aliphatic rings. The van der Waals surface area contributed by atoms with Gasteiger partial charge in [-0.3, -0.25) is 0 Å². The van der Waals surface area contributed by atoms with Gasteiger partial charge in [0.15, 0.2) is 0 Å². The van der Waals surface area contributed by atoms with Crippen molar-refractivity contribution in [2.24, 2.45) is 5.73 Å². The molecule has 0 aliphatic heterocycles. The molecule has 2 heteroatoms. The van der Waals surface area contributed by atoms with Gasteiger partial charge in [0, 0.05) is 19.6 Å². The van der Waals surface area contributed by atoms with Crippen molar-refractivity contribution in [3.05, 3.63) is 0 Å². The minimum absolute atomic E-state index is 0.231. The summed E-state index contributed by atoms with van der Waals surface area (Å²) in [6.45, 7) is 2.72. The summed E-state index contributed by atoms with van der Waals surface area (Å²) in [6.07, 6.45) is 0. The predicted molar refractivity (Wildman–Crippen MR) is 26.6 cm³/mol. The van der Waals surface area contributed by atoms with Crippen molar-refractivity contribution in [1.82, 2.24) is 5.32 Å². The molecule has 0 spiro atoms. The van der Waals surface area contributed by atoms with Crippen LogP contribution in [0.2, 0.25) is 0 Å². The Bertz CT molecular complexity index is 26.7. The molecular formula is C4H11N2. The summed E-state index contributed by atoms with van der Waals surface area (Å²) in [5.41, 5.74) is 5.31. The minimum atomic E-state index is 0.231. The summed E-state index contributed by atoms with van der Waals surface area (Å²) in [5, 5.41) is 3.81. The van der Waals surface area contributed by atoms with Crippen molar-refractivity contribution in [2.75, 3.05) is 13.6 Å². The lowest BCUT2D eigenvalue weighted by molar-refractivity contribution is 0.657. The highest BCUT2D eigenvalue weighted by atomic mass is 14.8. The van der Waals surface area contributed by atoms with Gasteiger partial charge in [-0.25, -0.2) is 5.32 Å². The molecule has 0 rings (SSSR count). The SMILES string of the molecule is C[N]C[C@@H](C)N. The number of likely N-dealkylation sites (N-methyl/N-ethyl adjacent to an activating group) is 1. The zero-order valence-corrected chi connectivity index (χ0v) is 4.31. The Morgan fingerprint density at radius 2 is 2.33 bits per heavy atom. The lowest BCUT2D eigenvalue weighted by Gasteiger charge is -1.97. The second-order valence-electron chi connectivity index (χ2n) is 1.48. The van der Waals surface area contributed by atoms with Crippen LogP contribution in [0.5, 0.6) is 0 Å². The first-order valence-electron chi connectivity index (χ1n) is 2.08. The Morgan fingerprint density at radius 1 is 1.83 bits per heavy atom. The van der Waals surface area contributed by atoms with Crippen LogP contribution in [0.3, 0.4) is 0 Å². The smallest absolute Gasteiger partial charge is 0.0279 e. The molecule has 0 amide bonds. The lowest BCUT2D eigenvalue weighted by atomic mass is 10.4. The monoisotopic (exact) mass is 87.1 g/mol. The van der Waals surface area contributed by atoms with E-state index >= 15 is 0 Å². The Labute approximate surface area is 38.7 Å². The van der Waals surface area contributed by atoms with Gasteiger partial charge in [-0.05, 0) is 6.92 Å². The van der Waals surface area contributed by atoms with Crippen LogP contribution < -0.4 is 11.1 Å². The molecular weight excluding hydrogens is 76.1 g/mol. The maximum atomic E-state index is 5.31. The van der Waals surface area contributed by atoms with Gasteiger partial charge >= 0.3 is 0 Å². The molecule has 0 bridgehead atoms. The number of nitrogens with two attached hydrogens (primary N) is 1. The molecule has 0 aromatic rings. The van der Waals surface area contributed by atoms with Gasteiger partial charge in [0.1, 0.15) is 0 Å². The van der Waals surface area contributed by atoms with Crippen LogP contribution in [0, 0.1) is 0 Å². The van der Waals surface area contributed by atoms with Crippen molar-refractivity contribution in [2.45, 2.75) is 13.0 Å². The molecule has 0 unspecified atom stereocenters. The number of hydrogen-bond donors (Lipinski definition) is 1. The fraction of sp³-hybridized carbons (Fsp3) is 1.00. The third kappa shape index (κ3) is 3.92. The summed E-state index contributed by atoms with van der Waals surface area (Å²) < 4.78 is 0. The molecule has 0 heterocycles. The van der Waals surface area contributed by atoms with Gasteiger partial charge in [0.25, 0.3) is 0 Å². The summed E-state index contributed by atoms with van der Waals surface area (Å²) in [4.78, 5) is 0. The van der Waals surface area contributed by atoms with Crippen molar-refractivity contribution in [1.29, 1.82) is 0 Å². The standard InChI is InChI=1S/C4H11N2/c1-4(5)3-6-2/h4H,3,5H2,1-2H3/t4-/m1/s1. The van der Waals surface area contributed by atoms with Crippen molar-refractivity contribution < 1.29 is 0 Å². The zero-order valence-electron chi connectivity index (χ0n) is 4.31. The minimum Gasteiger partial charge on any atom is -0.327 e. The molecule has 0 aliphatic carbocycles. The second kappa shape index (κ2) is 3.12. The predicted octanol–water partition coefficient (Wildman–Crippen LogP) is -0.432. The highest BCUT2D eigenvalue weighted by Crippen LogP contribution is 1.65. The van der Waals surface area contributed by atoms with Crippen molar-refractivity contribution >= 4 is 0 Å². The highest BCUT2D eigenvalue weighted by molar-refractivity contribution is 4.51. The highest BCUT2D eigenvalue weighted by Gasteiger charge is 1.85. The van der Waals surface area contributed by atoms with Gasteiger partial charge < -0.3 is 5.73 Å². The fourth-order valence-corrected chi connectivity index (χ4v) is 0.288. The van der Waals surface area contributed by atoms with Gasteiger partial charge in [0.2, 0.25) is 0 Å². The molecule has 0 aromatic carbocycles. The molecule has 0 saturated heterocycles. The van der Waals surface area contributed by atoms with Crippen LogP contribution in [-0.2, 0) is 0 Å². The number of rotatable bonds is 2. The average molecular weight is 87.1 g/mol. The molecule has 2 nitrogen and oxygen atoms in total. The van der Waals surface area contributed by atoms with Crippen molar-refractivity contribution in [3.63, 3.8) is 0 Å². The largest absolute Gasteiger partial charge is 0.327 e. The summed E-state index contributed by atoms with van der Waals surface area (Å²) in [7, 11) is 1.77. The van der Waals surface area contributed by atoms with Gasteiger partial charge in [-0.1, -0.05) is 0 Å². The van der Waals surface area contributed by atoms with Crippen LogP contribution in [0.1, 0.15) is 6.92 Å². The lowest BCUT2D eigenvalue weighted by Crippen LogP contribution is -2.24. The number of hydrogen-bond acceptors (Lipinski definition) is 1. The normalized spacial score (nSPS) is 14.5. The van der Waals surface area contributed by atoms with Gasteiger partial charge in [-0.15, -0.1) is 0 Å². The fourth-order valence-electron chi connectivity index (χ4n) is 0.288. The van der Waals surface area contributed by atoms with E-state index in [0.717, 1.165) is 6.54 Å². The van der Waals surface area contributed by atoms with Crippen LogP contribution in [0.4, 0.5) is 0 Å². The van der Waals surface area contributed by atoms with Crippen LogP contribution >= 0.6 is 0 Å². The van der Waals surface area contributed by atoms with Crippen LogP contribution in [0.25, 0.3) is 0 Å². The summed E-state index contributed by atoms with van der Waals surface area (Å²) >= 11 is 0. The van der Waals surface area contributed by atoms with E-state index in [2.05, 4.69) is 5.32 Å². The Kier molecular flexibility index (Phi) is 3.08. The Morgan fingerprint density at radius 3 is 2.33 bits per heavy atom. The third-order valence-electron chi connectivity index (χ3n) is 0.471. The molecule has 1 atom stereocenters. The van der Waals surface area contributed by atoms with Gasteiger partial charge in [-0.2, -0.15) is 0 Å². The molecule has 2 N–H and O–H groups in total. The molecule has 0 saturated carbocycles.